The molecule has 0 saturated heterocycles. The van der Waals surface area contributed by atoms with Crippen LogP contribution < -0.4 is 5.43 Å². The van der Waals surface area contributed by atoms with Crippen LogP contribution >= 0.6 is 0 Å². The number of hydrogen-bond acceptors (Lipinski definition) is 2. The molecule has 23 heavy (non-hydrogen) atoms. The van der Waals surface area contributed by atoms with Crippen LogP contribution in [0.5, 0.6) is 0 Å². The molecule has 0 aliphatic heterocycles. The highest BCUT2D eigenvalue weighted by Gasteiger charge is 2.30. The van der Waals surface area contributed by atoms with Gasteiger partial charge in [0.15, 0.2) is 0 Å². The van der Waals surface area contributed by atoms with Crippen molar-refractivity contribution in [3.05, 3.63) is 70.6 Å². The van der Waals surface area contributed by atoms with Gasteiger partial charge in [-0.25, -0.2) is 0 Å². The lowest BCUT2D eigenvalue weighted by molar-refractivity contribution is -0.137. The zero-order valence-corrected chi connectivity index (χ0v) is 11.9. The largest absolute Gasteiger partial charge is 0.456 e. The van der Waals surface area contributed by atoms with E-state index in [1.807, 2.05) is 0 Å². The average molecular weight is 316 g/mol. The summed E-state index contributed by atoms with van der Waals surface area (Å²) < 4.78 is 44.1. The minimum atomic E-state index is -4.44. The summed E-state index contributed by atoms with van der Waals surface area (Å²) in [5.74, 6) is 0.281. The van der Waals surface area contributed by atoms with Crippen LogP contribution in [-0.4, -0.2) is 0 Å². The highest BCUT2D eigenvalue weighted by Crippen LogP contribution is 2.32. The summed E-state index contributed by atoms with van der Waals surface area (Å²) >= 11 is 0. The Morgan fingerprint density at radius 2 is 1.74 bits per heavy atom. The molecule has 3 aromatic rings. The van der Waals surface area contributed by atoms with E-state index >= 15 is 0 Å². The highest BCUT2D eigenvalue weighted by molar-refractivity contribution is 5.96. The zero-order chi connectivity index (χ0) is 16.8. The lowest BCUT2D eigenvalue weighted by Gasteiger charge is -2.09. The van der Waals surface area contributed by atoms with Crippen molar-refractivity contribution in [3.8, 4) is 0 Å². The van der Waals surface area contributed by atoms with E-state index < -0.39 is 11.7 Å². The molecule has 1 heterocycles. The van der Waals surface area contributed by atoms with Crippen molar-refractivity contribution in [2.45, 2.75) is 6.18 Å². The molecule has 0 N–H and O–H groups in total. The minimum Gasteiger partial charge on any atom is -0.456 e. The molecular formula is C18H11F3O2. The van der Waals surface area contributed by atoms with Gasteiger partial charge in [-0.2, -0.15) is 13.2 Å². The van der Waals surface area contributed by atoms with Gasteiger partial charge in [-0.3, -0.25) is 4.79 Å². The second-order valence-electron chi connectivity index (χ2n) is 5.03. The van der Waals surface area contributed by atoms with E-state index in [0.717, 1.165) is 12.1 Å². The first-order valence-electron chi connectivity index (χ1n) is 6.72. The van der Waals surface area contributed by atoms with Crippen molar-refractivity contribution in [3.63, 3.8) is 0 Å². The van der Waals surface area contributed by atoms with E-state index in [1.54, 1.807) is 6.07 Å². The van der Waals surface area contributed by atoms with Gasteiger partial charge in [-0.05, 0) is 41.1 Å². The molecule has 0 aliphatic rings. The van der Waals surface area contributed by atoms with Gasteiger partial charge < -0.3 is 4.42 Å². The molecule has 5 heteroatoms. The number of fused-ring (bicyclic) bond motifs is 2. The van der Waals surface area contributed by atoms with Crippen LogP contribution in [0.15, 0.2) is 52.7 Å². The van der Waals surface area contributed by atoms with E-state index in [1.165, 1.54) is 24.3 Å². The standard InChI is InChI=1S/C18H11F3O2/c1-3-13-15(4-2)23-16-9-10-5-6-12(18(19,20)21)7-11(10)8-14(16)17(13)22/h3-9H,1-2H2. The Labute approximate surface area is 129 Å². The van der Waals surface area contributed by atoms with Gasteiger partial charge in [0.05, 0.1) is 16.5 Å². The third kappa shape index (κ3) is 2.44. The third-order valence-corrected chi connectivity index (χ3v) is 3.63. The summed E-state index contributed by atoms with van der Waals surface area (Å²) in [7, 11) is 0. The van der Waals surface area contributed by atoms with E-state index in [-0.39, 0.29) is 22.1 Å². The molecule has 0 bridgehead atoms. The van der Waals surface area contributed by atoms with Crippen molar-refractivity contribution >= 4 is 33.9 Å². The Kier molecular flexibility index (Phi) is 3.36. The molecule has 0 radical (unpaired) electrons. The van der Waals surface area contributed by atoms with Crippen LogP contribution in [0.1, 0.15) is 16.9 Å². The molecule has 116 valence electrons. The molecule has 0 saturated carbocycles. The maximum absolute atomic E-state index is 12.8. The number of rotatable bonds is 2. The van der Waals surface area contributed by atoms with Gasteiger partial charge in [0.25, 0.3) is 0 Å². The zero-order valence-electron chi connectivity index (χ0n) is 11.9. The fourth-order valence-electron chi connectivity index (χ4n) is 2.49. The number of alkyl halides is 3. The van der Waals surface area contributed by atoms with Crippen molar-refractivity contribution in [1.29, 1.82) is 0 Å². The smallest absolute Gasteiger partial charge is 0.416 e. The summed E-state index contributed by atoms with van der Waals surface area (Å²) in [6.07, 6.45) is -1.69. The third-order valence-electron chi connectivity index (χ3n) is 3.63. The van der Waals surface area contributed by atoms with E-state index in [4.69, 9.17) is 4.42 Å². The van der Waals surface area contributed by atoms with Crippen LogP contribution in [-0.2, 0) is 6.18 Å². The fraction of sp³-hybridized carbons (Fsp3) is 0.0556. The Morgan fingerprint density at radius 3 is 2.35 bits per heavy atom. The van der Waals surface area contributed by atoms with Crippen molar-refractivity contribution < 1.29 is 17.6 Å². The first-order chi connectivity index (χ1) is 10.8. The molecule has 0 amide bonds. The average Bonchev–Trinajstić information content (AvgIpc) is 2.51. The Balaban J connectivity index is 2.41. The molecule has 0 aliphatic carbocycles. The molecule has 0 atom stereocenters. The Hall–Kier alpha value is -2.82. The van der Waals surface area contributed by atoms with E-state index in [2.05, 4.69) is 13.2 Å². The normalized spacial score (nSPS) is 11.8. The van der Waals surface area contributed by atoms with Gasteiger partial charge in [0.2, 0.25) is 5.43 Å². The van der Waals surface area contributed by atoms with Gasteiger partial charge in [-0.15, -0.1) is 0 Å². The van der Waals surface area contributed by atoms with Gasteiger partial charge >= 0.3 is 6.18 Å². The topological polar surface area (TPSA) is 30.2 Å². The Bertz CT molecular complexity index is 1010. The number of halogens is 3. The van der Waals surface area contributed by atoms with Gasteiger partial charge in [-0.1, -0.05) is 25.3 Å². The number of hydrogen-bond donors (Lipinski definition) is 0. The molecule has 3 rings (SSSR count). The van der Waals surface area contributed by atoms with Crippen molar-refractivity contribution in [2.24, 2.45) is 0 Å². The fourth-order valence-corrected chi connectivity index (χ4v) is 2.49. The summed E-state index contributed by atoms with van der Waals surface area (Å²) in [5.41, 5.74) is -0.586. The highest BCUT2D eigenvalue weighted by atomic mass is 19.4. The van der Waals surface area contributed by atoms with Crippen LogP contribution in [0.25, 0.3) is 33.9 Å². The van der Waals surface area contributed by atoms with Crippen LogP contribution in [0.3, 0.4) is 0 Å². The molecule has 2 aromatic carbocycles. The lowest BCUT2D eigenvalue weighted by atomic mass is 10.0. The maximum Gasteiger partial charge on any atom is 0.416 e. The van der Waals surface area contributed by atoms with Gasteiger partial charge in [0.1, 0.15) is 11.3 Å². The predicted molar refractivity (Wildman–Crippen MR) is 85.2 cm³/mol. The monoisotopic (exact) mass is 316 g/mol. The van der Waals surface area contributed by atoms with Crippen LogP contribution in [0.2, 0.25) is 0 Å². The number of benzene rings is 2. The van der Waals surface area contributed by atoms with Crippen molar-refractivity contribution in [2.75, 3.05) is 0 Å². The lowest BCUT2D eigenvalue weighted by Crippen LogP contribution is -2.08. The molecule has 0 spiro atoms. The second-order valence-corrected chi connectivity index (χ2v) is 5.03. The molecule has 1 aromatic heterocycles. The predicted octanol–water partition coefficient (Wildman–Crippen LogP) is 5.25. The molecular weight excluding hydrogens is 305 g/mol. The first kappa shape index (κ1) is 15.1. The van der Waals surface area contributed by atoms with E-state index in [9.17, 15) is 18.0 Å². The quantitative estimate of drug-likeness (QED) is 0.604. The summed E-state index contributed by atoms with van der Waals surface area (Å²) in [4.78, 5) is 12.5. The van der Waals surface area contributed by atoms with Crippen molar-refractivity contribution in [1.82, 2.24) is 0 Å². The van der Waals surface area contributed by atoms with Gasteiger partial charge in [0, 0.05) is 0 Å². The maximum atomic E-state index is 12.8. The van der Waals surface area contributed by atoms with Crippen LogP contribution in [0.4, 0.5) is 13.2 Å². The summed E-state index contributed by atoms with van der Waals surface area (Å²) in [5, 5.41) is 1.08. The van der Waals surface area contributed by atoms with E-state index in [0.29, 0.717) is 16.4 Å². The molecule has 0 fully saturated rings. The summed E-state index contributed by atoms with van der Waals surface area (Å²) in [6, 6.07) is 6.33. The Morgan fingerprint density at radius 1 is 1.00 bits per heavy atom. The second kappa shape index (κ2) is 5.12. The summed E-state index contributed by atoms with van der Waals surface area (Å²) in [6.45, 7) is 7.14. The SMILES string of the molecule is C=Cc1oc2cc3ccc(C(F)(F)F)cc3cc2c(=O)c1C=C. The minimum absolute atomic E-state index is 0.206. The molecule has 2 nitrogen and oxygen atoms in total. The molecule has 0 unspecified atom stereocenters. The first-order valence-corrected chi connectivity index (χ1v) is 6.72. The van der Waals surface area contributed by atoms with Crippen LogP contribution in [0, 0.1) is 0 Å².